The van der Waals surface area contributed by atoms with Crippen molar-refractivity contribution in [2.45, 2.75) is 25.5 Å². The van der Waals surface area contributed by atoms with Gasteiger partial charge in [0.1, 0.15) is 15.6 Å². The first-order valence-corrected chi connectivity index (χ1v) is 12.8. The minimum absolute atomic E-state index is 0.00210. The van der Waals surface area contributed by atoms with Crippen LogP contribution in [0.25, 0.3) is 21.5 Å². The average molecular weight is 516 g/mol. The van der Waals surface area contributed by atoms with Crippen molar-refractivity contribution in [2.75, 3.05) is 18.2 Å². The van der Waals surface area contributed by atoms with E-state index >= 15 is 0 Å². The fraction of sp³-hybridized carbons (Fsp3) is 0.217. The molecule has 1 amide bonds. The number of carbonyl (C=O) groups is 2. The fourth-order valence-electron chi connectivity index (χ4n) is 3.37. The van der Waals surface area contributed by atoms with Crippen LogP contribution in [0.2, 0.25) is 0 Å². The third-order valence-electron chi connectivity index (χ3n) is 5.12. The lowest BCUT2D eigenvalue weighted by atomic mass is 10.1. The van der Waals surface area contributed by atoms with Crippen molar-refractivity contribution in [3.8, 4) is 11.3 Å². The summed E-state index contributed by atoms with van der Waals surface area (Å²) < 4.78 is 11.8. The lowest BCUT2D eigenvalue weighted by Gasteiger charge is -2.11. The smallest absolute Gasteiger partial charge is 0.341 e. The molecule has 0 unspecified atom stereocenters. The molecule has 4 heterocycles. The summed E-state index contributed by atoms with van der Waals surface area (Å²) in [5.74, 6) is -0.222. The van der Waals surface area contributed by atoms with Crippen LogP contribution in [0.4, 0.5) is 5.00 Å². The maximum Gasteiger partial charge on any atom is 0.341 e. The molecular formula is C23H21N3O5S3. The van der Waals surface area contributed by atoms with E-state index in [0.717, 1.165) is 22.2 Å². The number of hydrogen-bond acceptors (Lipinski definition) is 9. The molecule has 1 N–H and O–H groups in total. The second-order valence-electron chi connectivity index (χ2n) is 7.22. The van der Waals surface area contributed by atoms with E-state index in [4.69, 9.17) is 9.15 Å². The Morgan fingerprint density at radius 2 is 2.18 bits per heavy atom. The number of aryl methyl sites for hydroxylation is 1. The number of carbonyl (C=O) groups excluding carboxylic acids is 2. The highest BCUT2D eigenvalue weighted by molar-refractivity contribution is 7.99. The molecule has 0 aromatic carbocycles. The van der Waals surface area contributed by atoms with Gasteiger partial charge in [0.25, 0.3) is 5.56 Å². The minimum Gasteiger partial charge on any atom is -0.465 e. The van der Waals surface area contributed by atoms with Gasteiger partial charge in [0, 0.05) is 22.4 Å². The molecular weight excluding hydrogens is 494 g/mol. The molecule has 4 aromatic rings. The zero-order valence-electron chi connectivity index (χ0n) is 18.7. The van der Waals surface area contributed by atoms with E-state index in [9.17, 15) is 14.4 Å². The standard InChI is InChI=1S/C23H21N3O5S3/c1-5-8-26-21(28)18-14(15-7-6-9-31-15)10-32-19(18)25-23(26)33-11-16(27)24-20-17(22(29)30-4)12(2)13(3)34-20/h5-7,9-10H,1,8,11H2,2-4H3,(H,24,27). The number of methoxy groups -OCH3 is 1. The van der Waals surface area contributed by atoms with Crippen LogP contribution in [-0.4, -0.2) is 34.3 Å². The summed E-state index contributed by atoms with van der Waals surface area (Å²) >= 11 is 3.81. The molecule has 11 heteroatoms. The zero-order valence-corrected chi connectivity index (χ0v) is 21.1. The Bertz CT molecular complexity index is 1450. The van der Waals surface area contributed by atoms with Gasteiger partial charge in [-0.25, -0.2) is 9.78 Å². The number of furan rings is 1. The number of allylic oxidation sites excluding steroid dienone is 1. The molecule has 176 valence electrons. The topological polar surface area (TPSA) is 103 Å². The maximum atomic E-state index is 13.3. The number of ether oxygens (including phenoxy) is 1. The first kappa shape index (κ1) is 24.0. The van der Waals surface area contributed by atoms with Gasteiger partial charge >= 0.3 is 5.97 Å². The van der Waals surface area contributed by atoms with Crippen molar-refractivity contribution in [1.29, 1.82) is 0 Å². The number of nitrogens with zero attached hydrogens (tertiary/aromatic N) is 2. The predicted octanol–water partition coefficient (Wildman–Crippen LogP) is 5.10. The van der Waals surface area contributed by atoms with Crippen LogP contribution in [-0.2, 0) is 16.1 Å². The van der Waals surface area contributed by atoms with Gasteiger partial charge in [-0.2, -0.15) is 0 Å². The number of anilines is 1. The molecule has 8 nitrogen and oxygen atoms in total. The van der Waals surface area contributed by atoms with E-state index in [-0.39, 0.29) is 23.8 Å². The number of aromatic nitrogens is 2. The number of hydrogen-bond donors (Lipinski definition) is 1. The lowest BCUT2D eigenvalue weighted by molar-refractivity contribution is -0.113. The monoisotopic (exact) mass is 515 g/mol. The van der Waals surface area contributed by atoms with Gasteiger partial charge in [-0.1, -0.05) is 17.8 Å². The number of thiophene rings is 2. The van der Waals surface area contributed by atoms with Crippen molar-refractivity contribution >= 4 is 61.5 Å². The van der Waals surface area contributed by atoms with Crippen LogP contribution in [0.15, 0.2) is 50.8 Å². The molecule has 4 aromatic heterocycles. The first-order chi connectivity index (χ1) is 16.3. The summed E-state index contributed by atoms with van der Waals surface area (Å²) in [6, 6.07) is 3.56. The van der Waals surface area contributed by atoms with Crippen LogP contribution < -0.4 is 10.9 Å². The third-order valence-corrected chi connectivity index (χ3v) is 8.09. The lowest BCUT2D eigenvalue weighted by Crippen LogP contribution is -2.23. The third kappa shape index (κ3) is 4.46. The van der Waals surface area contributed by atoms with Gasteiger partial charge in [-0.05, 0) is 31.5 Å². The van der Waals surface area contributed by atoms with E-state index in [1.54, 1.807) is 24.5 Å². The van der Waals surface area contributed by atoms with Crippen molar-refractivity contribution in [3.05, 3.63) is 62.8 Å². The average Bonchev–Trinajstić information content (AvgIpc) is 3.54. The van der Waals surface area contributed by atoms with Gasteiger partial charge in [-0.3, -0.25) is 14.2 Å². The molecule has 4 rings (SSSR count). The molecule has 0 aliphatic rings. The number of rotatable bonds is 8. The van der Waals surface area contributed by atoms with E-state index in [1.807, 2.05) is 19.2 Å². The number of fused-ring (bicyclic) bond motifs is 1. The summed E-state index contributed by atoms with van der Waals surface area (Å²) in [6.45, 7) is 7.67. The molecule has 0 fully saturated rings. The van der Waals surface area contributed by atoms with Crippen molar-refractivity contribution < 1.29 is 18.7 Å². The SMILES string of the molecule is C=CCn1c(SCC(=O)Nc2sc(C)c(C)c2C(=O)OC)nc2scc(-c3ccco3)c2c1=O. The number of thioether (sulfide) groups is 1. The van der Waals surface area contributed by atoms with Gasteiger partial charge in [0.15, 0.2) is 5.16 Å². The molecule has 0 spiro atoms. The molecule has 0 saturated heterocycles. The number of nitrogens with one attached hydrogen (secondary N) is 1. The number of amides is 1. The van der Waals surface area contributed by atoms with E-state index in [1.165, 1.54) is 34.4 Å². The van der Waals surface area contributed by atoms with Crippen LogP contribution >= 0.6 is 34.4 Å². The van der Waals surface area contributed by atoms with Gasteiger partial charge in [0.05, 0.1) is 30.1 Å². The quantitative estimate of drug-likeness (QED) is 0.151. The normalized spacial score (nSPS) is 11.0. The molecule has 0 bridgehead atoms. The minimum atomic E-state index is -0.498. The fourth-order valence-corrected chi connectivity index (χ4v) is 6.22. The summed E-state index contributed by atoms with van der Waals surface area (Å²) in [5.41, 5.74) is 1.60. The maximum absolute atomic E-state index is 13.3. The van der Waals surface area contributed by atoms with Crippen molar-refractivity contribution in [2.24, 2.45) is 0 Å². The van der Waals surface area contributed by atoms with Crippen LogP contribution in [0.1, 0.15) is 20.8 Å². The van der Waals surface area contributed by atoms with Crippen LogP contribution in [0, 0.1) is 13.8 Å². The highest BCUT2D eigenvalue weighted by Crippen LogP contribution is 2.34. The molecule has 34 heavy (non-hydrogen) atoms. The Balaban J connectivity index is 1.60. The van der Waals surface area contributed by atoms with Crippen LogP contribution in [0.5, 0.6) is 0 Å². The van der Waals surface area contributed by atoms with E-state index < -0.39 is 5.97 Å². The molecule has 0 aliphatic heterocycles. The number of esters is 1. The van der Waals surface area contributed by atoms with Crippen LogP contribution in [0.3, 0.4) is 0 Å². The Hall–Kier alpha value is -3.15. The Morgan fingerprint density at radius 3 is 2.85 bits per heavy atom. The molecule has 0 aliphatic carbocycles. The molecule has 0 atom stereocenters. The van der Waals surface area contributed by atoms with Crippen molar-refractivity contribution in [1.82, 2.24) is 9.55 Å². The van der Waals surface area contributed by atoms with E-state index in [0.29, 0.717) is 37.3 Å². The second kappa shape index (κ2) is 10.00. The first-order valence-electron chi connectivity index (χ1n) is 10.1. The molecule has 0 radical (unpaired) electrons. The Labute approximate surface area is 207 Å². The second-order valence-corrected chi connectivity index (χ2v) is 10.2. The summed E-state index contributed by atoms with van der Waals surface area (Å²) in [6.07, 6.45) is 3.16. The molecule has 0 saturated carbocycles. The van der Waals surface area contributed by atoms with Crippen molar-refractivity contribution in [3.63, 3.8) is 0 Å². The largest absolute Gasteiger partial charge is 0.465 e. The van der Waals surface area contributed by atoms with Gasteiger partial charge < -0.3 is 14.5 Å². The summed E-state index contributed by atoms with van der Waals surface area (Å²) in [4.78, 5) is 44.3. The Morgan fingerprint density at radius 1 is 1.38 bits per heavy atom. The summed E-state index contributed by atoms with van der Waals surface area (Å²) in [5, 5.41) is 5.97. The highest BCUT2D eigenvalue weighted by atomic mass is 32.2. The van der Waals surface area contributed by atoms with Gasteiger partial charge in [0.2, 0.25) is 5.91 Å². The van der Waals surface area contributed by atoms with Gasteiger partial charge in [-0.15, -0.1) is 29.3 Å². The Kier molecular flexibility index (Phi) is 7.05. The van der Waals surface area contributed by atoms with E-state index in [2.05, 4.69) is 16.9 Å². The zero-order chi connectivity index (χ0) is 24.4. The summed E-state index contributed by atoms with van der Waals surface area (Å²) in [7, 11) is 1.30. The highest BCUT2D eigenvalue weighted by Gasteiger charge is 2.23. The predicted molar refractivity (Wildman–Crippen MR) is 136 cm³/mol.